The lowest BCUT2D eigenvalue weighted by molar-refractivity contribution is 0.563. The highest BCUT2D eigenvalue weighted by atomic mass is 35.5. The smallest absolute Gasteiger partial charge is 0.0993 e. The van der Waals surface area contributed by atoms with Crippen LogP contribution in [0.25, 0.3) is 0 Å². The average Bonchev–Trinajstić information content (AvgIpc) is 2.15. The van der Waals surface area contributed by atoms with Crippen LogP contribution in [0.2, 0.25) is 0 Å². The van der Waals surface area contributed by atoms with Crippen molar-refractivity contribution >= 4 is 18.6 Å². The average molecular weight is 144 g/mol. The van der Waals surface area contributed by atoms with Gasteiger partial charge >= 0.3 is 0 Å². The topological polar surface area (TPSA) is 25.5 Å². The summed E-state index contributed by atoms with van der Waals surface area (Å²) in [6.45, 7) is 0.797. The highest BCUT2D eigenvalue weighted by Crippen LogP contribution is 2.13. The van der Waals surface area contributed by atoms with Gasteiger partial charge in [0.05, 0.1) is 19.1 Å². The predicted molar refractivity (Wildman–Crippen MR) is 37.3 cm³/mol. The number of halogens is 1. The maximum atomic E-state index is 4.90. The molecule has 1 aromatic heterocycles. The zero-order chi connectivity index (χ0) is 5.40. The molecule has 0 unspecified atom stereocenters. The third kappa shape index (κ3) is 0.856. The van der Waals surface area contributed by atoms with Gasteiger partial charge in [-0.15, -0.1) is 12.4 Å². The first-order valence-electron chi connectivity index (χ1n) is 2.52. The van der Waals surface area contributed by atoms with Crippen molar-refractivity contribution in [3.05, 3.63) is 23.7 Å². The highest BCUT2D eigenvalue weighted by molar-refractivity contribution is 5.85. The molecule has 0 spiro atoms. The quantitative estimate of drug-likeness (QED) is 0.542. The molecule has 1 aliphatic rings. The van der Waals surface area contributed by atoms with Crippen LogP contribution in [0.4, 0.5) is 0 Å². The van der Waals surface area contributed by atoms with Gasteiger partial charge in [0.1, 0.15) is 0 Å². The van der Waals surface area contributed by atoms with Gasteiger partial charge in [0, 0.05) is 17.3 Å². The number of hydrogen-bond donors (Lipinski definition) is 0. The van der Waals surface area contributed by atoms with E-state index >= 15 is 0 Å². The molecular formula is C6H6ClNO. The minimum Gasteiger partial charge on any atom is -0.472 e. The molecule has 9 heavy (non-hydrogen) atoms. The van der Waals surface area contributed by atoms with Crippen LogP contribution in [0.3, 0.4) is 0 Å². The van der Waals surface area contributed by atoms with Crippen LogP contribution < -0.4 is 0 Å². The van der Waals surface area contributed by atoms with Crippen molar-refractivity contribution in [1.82, 2.24) is 0 Å². The van der Waals surface area contributed by atoms with Crippen LogP contribution >= 0.6 is 12.4 Å². The summed E-state index contributed by atoms with van der Waals surface area (Å²) in [5.41, 5.74) is 2.33. The van der Waals surface area contributed by atoms with Crippen LogP contribution in [0.1, 0.15) is 11.1 Å². The Morgan fingerprint density at radius 1 is 1.44 bits per heavy atom. The SMILES string of the molecule is C1=NCc2cocc21.Cl. The minimum absolute atomic E-state index is 0. The second-order valence-electron chi connectivity index (χ2n) is 1.82. The molecule has 0 N–H and O–H groups in total. The summed E-state index contributed by atoms with van der Waals surface area (Å²) in [6.07, 6.45) is 5.28. The molecule has 0 saturated carbocycles. The van der Waals surface area contributed by atoms with E-state index in [9.17, 15) is 0 Å². The summed E-state index contributed by atoms with van der Waals surface area (Å²) < 4.78 is 4.90. The Kier molecular flexibility index (Phi) is 1.58. The molecule has 0 saturated heterocycles. The molecule has 1 aromatic rings. The van der Waals surface area contributed by atoms with Gasteiger partial charge in [0.2, 0.25) is 0 Å². The molecule has 0 atom stereocenters. The number of aliphatic imine (C=N–C) groups is 1. The maximum absolute atomic E-state index is 4.90. The zero-order valence-electron chi connectivity index (χ0n) is 4.70. The van der Waals surface area contributed by atoms with Gasteiger partial charge in [0.25, 0.3) is 0 Å². The lowest BCUT2D eigenvalue weighted by atomic mass is 10.2. The Morgan fingerprint density at radius 2 is 2.33 bits per heavy atom. The monoisotopic (exact) mass is 143 g/mol. The highest BCUT2D eigenvalue weighted by Gasteiger charge is 2.05. The first-order chi connectivity index (χ1) is 3.97. The Balaban J connectivity index is 0.000000405. The third-order valence-corrected chi connectivity index (χ3v) is 1.27. The number of nitrogens with zero attached hydrogens (tertiary/aromatic N) is 1. The molecule has 1 aliphatic heterocycles. The summed E-state index contributed by atoms with van der Waals surface area (Å²) in [5.74, 6) is 0. The molecule has 0 radical (unpaired) electrons. The summed E-state index contributed by atoms with van der Waals surface area (Å²) in [5, 5.41) is 0. The minimum atomic E-state index is 0. The van der Waals surface area contributed by atoms with E-state index in [-0.39, 0.29) is 12.4 Å². The Bertz CT molecular complexity index is 229. The van der Waals surface area contributed by atoms with Gasteiger partial charge < -0.3 is 4.42 Å². The van der Waals surface area contributed by atoms with E-state index in [0.29, 0.717) is 0 Å². The van der Waals surface area contributed by atoms with Crippen molar-refractivity contribution < 1.29 is 4.42 Å². The van der Waals surface area contributed by atoms with Gasteiger partial charge in [-0.2, -0.15) is 0 Å². The van der Waals surface area contributed by atoms with E-state index in [1.54, 1.807) is 12.5 Å². The molecular weight excluding hydrogens is 138 g/mol. The van der Waals surface area contributed by atoms with E-state index in [1.807, 2.05) is 6.21 Å². The van der Waals surface area contributed by atoms with Gasteiger partial charge in [-0.25, -0.2) is 0 Å². The third-order valence-electron chi connectivity index (χ3n) is 1.27. The van der Waals surface area contributed by atoms with Crippen LogP contribution in [-0.4, -0.2) is 6.21 Å². The summed E-state index contributed by atoms with van der Waals surface area (Å²) >= 11 is 0. The maximum Gasteiger partial charge on any atom is 0.0993 e. The van der Waals surface area contributed by atoms with Crippen molar-refractivity contribution in [2.75, 3.05) is 0 Å². The first-order valence-corrected chi connectivity index (χ1v) is 2.52. The number of hydrogen-bond acceptors (Lipinski definition) is 2. The van der Waals surface area contributed by atoms with Crippen LogP contribution in [0.5, 0.6) is 0 Å². The molecule has 0 amide bonds. The molecule has 0 aliphatic carbocycles. The molecule has 2 nitrogen and oxygen atoms in total. The molecule has 0 aromatic carbocycles. The lowest BCUT2D eigenvalue weighted by Crippen LogP contribution is -1.70. The fourth-order valence-corrected chi connectivity index (χ4v) is 0.817. The zero-order valence-corrected chi connectivity index (χ0v) is 5.52. The second kappa shape index (κ2) is 2.23. The molecule has 2 heterocycles. The summed E-state index contributed by atoms with van der Waals surface area (Å²) in [6, 6.07) is 0. The predicted octanol–water partition coefficient (Wildman–Crippen LogP) is 1.63. The van der Waals surface area contributed by atoms with Crippen molar-refractivity contribution in [2.24, 2.45) is 4.99 Å². The molecule has 2 rings (SSSR count). The van der Waals surface area contributed by atoms with Crippen molar-refractivity contribution in [2.45, 2.75) is 6.54 Å². The Hall–Kier alpha value is -0.760. The van der Waals surface area contributed by atoms with Gasteiger partial charge in [0.15, 0.2) is 0 Å². The Labute approximate surface area is 59.0 Å². The fourth-order valence-electron chi connectivity index (χ4n) is 0.817. The van der Waals surface area contributed by atoms with Gasteiger partial charge in [-0.3, -0.25) is 4.99 Å². The molecule has 0 bridgehead atoms. The fraction of sp³-hybridized carbons (Fsp3) is 0.167. The van der Waals surface area contributed by atoms with Crippen LogP contribution in [0, 0.1) is 0 Å². The van der Waals surface area contributed by atoms with Gasteiger partial charge in [-0.1, -0.05) is 0 Å². The van der Waals surface area contributed by atoms with Gasteiger partial charge in [-0.05, 0) is 0 Å². The molecule has 0 fully saturated rings. The molecule has 3 heteroatoms. The lowest BCUT2D eigenvalue weighted by Gasteiger charge is -1.75. The molecule has 48 valence electrons. The van der Waals surface area contributed by atoms with Crippen molar-refractivity contribution in [1.29, 1.82) is 0 Å². The van der Waals surface area contributed by atoms with E-state index in [4.69, 9.17) is 4.42 Å². The van der Waals surface area contributed by atoms with Crippen molar-refractivity contribution in [3.63, 3.8) is 0 Å². The van der Waals surface area contributed by atoms with Crippen molar-refractivity contribution in [3.8, 4) is 0 Å². The van der Waals surface area contributed by atoms with E-state index in [0.717, 1.165) is 12.1 Å². The summed E-state index contributed by atoms with van der Waals surface area (Å²) in [4.78, 5) is 4.03. The largest absolute Gasteiger partial charge is 0.472 e. The van der Waals surface area contributed by atoms with E-state index in [2.05, 4.69) is 4.99 Å². The number of rotatable bonds is 0. The normalized spacial score (nSPS) is 12.9. The number of furan rings is 1. The summed E-state index contributed by atoms with van der Waals surface area (Å²) in [7, 11) is 0. The van der Waals surface area contributed by atoms with Crippen LogP contribution in [0.15, 0.2) is 21.9 Å². The van der Waals surface area contributed by atoms with E-state index < -0.39 is 0 Å². The first kappa shape index (κ1) is 6.36. The standard InChI is InChI=1S/C6H5NO.ClH/c1-5-3-8-4-6(5)2-7-1;/h1,3-4H,2H2;1H. The second-order valence-corrected chi connectivity index (χ2v) is 1.82. The Morgan fingerprint density at radius 3 is 3.11 bits per heavy atom. The number of fused-ring (bicyclic) bond motifs is 1. The van der Waals surface area contributed by atoms with E-state index in [1.165, 1.54) is 5.56 Å². The van der Waals surface area contributed by atoms with Crippen LogP contribution in [-0.2, 0) is 6.54 Å².